The Bertz CT molecular complexity index is 1260. The molecule has 1 amide bonds. The van der Waals surface area contributed by atoms with Gasteiger partial charge in [0.15, 0.2) is 0 Å². The van der Waals surface area contributed by atoms with Crippen molar-refractivity contribution in [2.75, 3.05) is 18.5 Å². The Hall–Kier alpha value is -3.46. The Balaban J connectivity index is 1.74. The Labute approximate surface area is 209 Å². The van der Waals surface area contributed by atoms with Gasteiger partial charge in [0.2, 0.25) is 0 Å². The highest BCUT2D eigenvalue weighted by molar-refractivity contribution is 6.36. The van der Waals surface area contributed by atoms with Crippen molar-refractivity contribution < 1.29 is 14.3 Å². The van der Waals surface area contributed by atoms with Crippen molar-refractivity contribution in [2.24, 2.45) is 0 Å². The van der Waals surface area contributed by atoms with Crippen LogP contribution >= 0.6 is 23.2 Å². The van der Waals surface area contributed by atoms with Crippen LogP contribution in [0.5, 0.6) is 11.5 Å². The second-order valence-corrected chi connectivity index (χ2v) is 8.58. The minimum absolute atomic E-state index is 0.116. The molecule has 0 aliphatic heterocycles. The van der Waals surface area contributed by atoms with E-state index in [9.17, 15) is 10.1 Å². The molecule has 0 spiro atoms. The monoisotopic (exact) mass is 494 g/mol. The van der Waals surface area contributed by atoms with E-state index in [0.29, 0.717) is 22.0 Å². The summed E-state index contributed by atoms with van der Waals surface area (Å²) >= 11 is 12.5. The SMILES string of the molecule is Cc1ccc(NC(=O)C(C#N)=Cc2cc(Cl)cc(Cl)c2OCCOc2ccc(C)c(C)c2)cc1. The highest BCUT2D eigenvalue weighted by Gasteiger charge is 2.15. The molecule has 7 heteroatoms. The minimum atomic E-state index is -0.550. The minimum Gasteiger partial charge on any atom is -0.490 e. The number of anilines is 1. The van der Waals surface area contributed by atoms with Gasteiger partial charge in [-0.1, -0.05) is 47.0 Å². The van der Waals surface area contributed by atoms with Gasteiger partial charge in [-0.25, -0.2) is 0 Å². The van der Waals surface area contributed by atoms with Gasteiger partial charge in [0.25, 0.3) is 5.91 Å². The molecule has 0 aliphatic rings. The van der Waals surface area contributed by atoms with E-state index in [1.807, 2.05) is 57.2 Å². The van der Waals surface area contributed by atoms with Crippen LogP contribution < -0.4 is 14.8 Å². The van der Waals surface area contributed by atoms with Gasteiger partial charge in [-0.2, -0.15) is 5.26 Å². The van der Waals surface area contributed by atoms with Crippen LogP contribution in [0.15, 0.2) is 60.2 Å². The maximum atomic E-state index is 12.7. The van der Waals surface area contributed by atoms with E-state index in [1.54, 1.807) is 24.3 Å². The number of carbonyl (C=O) groups is 1. The average molecular weight is 495 g/mol. The number of hydrogen-bond donors (Lipinski definition) is 1. The molecule has 0 saturated carbocycles. The number of aryl methyl sites for hydroxylation is 3. The number of benzene rings is 3. The zero-order chi connectivity index (χ0) is 24.7. The number of nitrogens with one attached hydrogen (secondary N) is 1. The van der Waals surface area contributed by atoms with Crippen molar-refractivity contribution in [1.82, 2.24) is 0 Å². The van der Waals surface area contributed by atoms with E-state index in [2.05, 4.69) is 5.32 Å². The molecule has 0 heterocycles. The summed E-state index contributed by atoms with van der Waals surface area (Å²) in [5.74, 6) is 0.505. The fourth-order valence-corrected chi connectivity index (χ4v) is 3.65. The summed E-state index contributed by atoms with van der Waals surface area (Å²) in [5, 5.41) is 12.9. The zero-order valence-corrected chi connectivity index (χ0v) is 20.6. The maximum Gasteiger partial charge on any atom is 0.266 e. The van der Waals surface area contributed by atoms with Gasteiger partial charge in [0.05, 0.1) is 5.02 Å². The molecule has 0 bridgehead atoms. The lowest BCUT2D eigenvalue weighted by Gasteiger charge is -2.13. The topological polar surface area (TPSA) is 71.4 Å². The third kappa shape index (κ3) is 6.77. The number of rotatable bonds is 8. The van der Waals surface area contributed by atoms with Gasteiger partial charge in [-0.15, -0.1) is 0 Å². The van der Waals surface area contributed by atoms with Crippen LogP contribution in [-0.2, 0) is 4.79 Å². The first-order valence-corrected chi connectivity index (χ1v) is 11.3. The molecule has 0 radical (unpaired) electrons. The van der Waals surface area contributed by atoms with Gasteiger partial charge < -0.3 is 14.8 Å². The second-order valence-electron chi connectivity index (χ2n) is 7.74. The van der Waals surface area contributed by atoms with E-state index in [4.69, 9.17) is 32.7 Å². The molecule has 0 atom stereocenters. The van der Waals surface area contributed by atoms with Crippen molar-refractivity contribution in [1.29, 1.82) is 5.26 Å². The van der Waals surface area contributed by atoms with Crippen molar-refractivity contribution in [3.05, 3.63) is 92.5 Å². The summed E-state index contributed by atoms with van der Waals surface area (Å²) in [5.41, 5.74) is 4.27. The molecule has 3 aromatic rings. The molecule has 34 heavy (non-hydrogen) atoms. The smallest absolute Gasteiger partial charge is 0.266 e. The molecule has 0 unspecified atom stereocenters. The summed E-state index contributed by atoms with van der Waals surface area (Å²) in [6, 6.07) is 18.2. The number of hydrogen-bond acceptors (Lipinski definition) is 4. The van der Waals surface area contributed by atoms with E-state index < -0.39 is 5.91 Å². The Morgan fingerprint density at radius 2 is 1.68 bits per heavy atom. The number of carbonyl (C=O) groups excluding carboxylic acids is 1. The van der Waals surface area contributed by atoms with Crippen molar-refractivity contribution in [3.63, 3.8) is 0 Å². The molecule has 174 valence electrons. The number of halogens is 2. The molecule has 0 fully saturated rings. The van der Waals surface area contributed by atoms with Crippen LogP contribution in [0.25, 0.3) is 6.08 Å². The number of nitriles is 1. The average Bonchev–Trinajstić information content (AvgIpc) is 2.79. The van der Waals surface area contributed by atoms with Crippen LogP contribution in [0.3, 0.4) is 0 Å². The van der Waals surface area contributed by atoms with Crippen LogP contribution in [0.4, 0.5) is 5.69 Å². The van der Waals surface area contributed by atoms with Gasteiger partial charge in [-0.3, -0.25) is 4.79 Å². The molecule has 0 aromatic heterocycles. The zero-order valence-electron chi connectivity index (χ0n) is 19.1. The summed E-state index contributed by atoms with van der Waals surface area (Å²) in [6.07, 6.45) is 1.40. The Morgan fingerprint density at radius 1 is 0.971 bits per heavy atom. The largest absolute Gasteiger partial charge is 0.490 e. The summed E-state index contributed by atoms with van der Waals surface area (Å²) in [4.78, 5) is 12.7. The number of nitrogens with zero attached hydrogens (tertiary/aromatic N) is 1. The second kappa shape index (κ2) is 11.6. The van der Waals surface area contributed by atoms with Crippen LogP contribution in [-0.4, -0.2) is 19.1 Å². The predicted octanol–water partition coefficient (Wildman–Crippen LogP) is 6.92. The standard InChI is InChI=1S/C27H24Cl2N2O3/c1-17-4-7-23(8-5-17)31-27(32)21(16-30)13-20-14-22(28)15-25(29)26(20)34-11-10-33-24-9-6-18(2)19(3)12-24/h4-9,12-15H,10-11H2,1-3H3,(H,31,32). The summed E-state index contributed by atoms with van der Waals surface area (Å²) in [6.45, 7) is 6.49. The Kier molecular flexibility index (Phi) is 8.59. The van der Waals surface area contributed by atoms with E-state index in [0.717, 1.165) is 16.9 Å². The molecular formula is C27H24Cl2N2O3. The van der Waals surface area contributed by atoms with E-state index >= 15 is 0 Å². The fourth-order valence-electron chi connectivity index (χ4n) is 3.09. The quantitative estimate of drug-likeness (QED) is 0.209. The Morgan fingerprint density at radius 3 is 2.35 bits per heavy atom. The fraction of sp³-hybridized carbons (Fsp3) is 0.185. The highest BCUT2D eigenvalue weighted by Crippen LogP contribution is 2.34. The third-order valence-corrected chi connectivity index (χ3v) is 5.59. The van der Waals surface area contributed by atoms with Crippen LogP contribution in [0.1, 0.15) is 22.3 Å². The molecule has 3 rings (SSSR count). The molecule has 1 N–H and O–H groups in total. The highest BCUT2D eigenvalue weighted by atomic mass is 35.5. The molecule has 5 nitrogen and oxygen atoms in total. The van der Waals surface area contributed by atoms with E-state index in [-0.39, 0.29) is 23.8 Å². The first-order chi connectivity index (χ1) is 16.3. The molecule has 0 saturated heterocycles. The first kappa shape index (κ1) is 25.2. The summed E-state index contributed by atoms with van der Waals surface area (Å²) in [7, 11) is 0. The van der Waals surface area contributed by atoms with E-state index in [1.165, 1.54) is 11.6 Å². The van der Waals surface area contributed by atoms with Gasteiger partial charge in [0.1, 0.15) is 36.4 Å². The lowest BCUT2D eigenvalue weighted by Crippen LogP contribution is -2.13. The van der Waals surface area contributed by atoms with Crippen molar-refractivity contribution in [2.45, 2.75) is 20.8 Å². The molecule has 0 aliphatic carbocycles. The normalized spacial score (nSPS) is 11.0. The third-order valence-electron chi connectivity index (χ3n) is 5.09. The van der Waals surface area contributed by atoms with Crippen molar-refractivity contribution >= 4 is 40.9 Å². The van der Waals surface area contributed by atoms with Gasteiger partial charge in [-0.05, 0) is 74.4 Å². The molecular weight excluding hydrogens is 471 g/mol. The van der Waals surface area contributed by atoms with Gasteiger partial charge in [0, 0.05) is 16.3 Å². The lowest BCUT2D eigenvalue weighted by molar-refractivity contribution is -0.112. The van der Waals surface area contributed by atoms with Crippen LogP contribution in [0.2, 0.25) is 10.0 Å². The number of amides is 1. The predicted molar refractivity (Wildman–Crippen MR) is 137 cm³/mol. The maximum absolute atomic E-state index is 12.7. The molecule has 3 aromatic carbocycles. The van der Waals surface area contributed by atoms with Crippen molar-refractivity contribution in [3.8, 4) is 17.6 Å². The summed E-state index contributed by atoms with van der Waals surface area (Å²) < 4.78 is 11.6. The van der Waals surface area contributed by atoms with Crippen LogP contribution in [0, 0.1) is 32.1 Å². The first-order valence-electron chi connectivity index (χ1n) is 10.6. The van der Waals surface area contributed by atoms with Gasteiger partial charge >= 0.3 is 0 Å². The lowest BCUT2D eigenvalue weighted by atomic mass is 10.1. The number of ether oxygens (including phenoxy) is 2.